The number of halogens is 1. The summed E-state index contributed by atoms with van der Waals surface area (Å²) in [7, 11) is 1.46. The Bertz CT molecular complexity index is 1090. The van der Waals surface area contributed by atoms with Crippen molar-refractivity contribution in [2.75, 3.05) is 20.3 Å². The predicted octanol–water partition coefficient (Wildman–Crippen LogP) is 4.01. The second-order valence-corrected chi connectivity index (χ2v) is 9.54. The highest BCUT2D eigenvalue weighted by Crippen LogP contribution is 2.39. The normalized spacial score (nSPS) is 14.6. The lowest BCUT2D eigenvalue weighted by molar-refractivity contribution is -0.145. The fourth-order valence-corrected chi connectivity index (χ4v) is 4.94. The number of thiophene rings is 1. The first kappa shape index (κ1) is 24.2. The molecule has 0 saturated carbocycles. The van der Waals surface area contributed by atoms with E-state index in [0.717, 1.165) is 16.8 Å². The fraction of sp³-hybridized carbons (Fsp3) is 0.200. The smallest absolute Gasteiger partial charge is 0.344 e. The minimum atomic E-state index is -0.501. The highest BCUT2D eigenvalue weighted by Gasteiger charge is 2.34. The summed E-state index contributed by atoms with van der Waals surface area (Å²) in [5.74, 6) is -0.670. The highest BCUT2D eigenvalue weighted by atomic mass is 79.9. The van der Waals surface area contributed by atoms with Gasteiger partial charge in [0.15, 0.2) is 22.4 Å². The Labute approximate surface area is 206 Å². The Morgan fingerprint density at radius 3 is 2.78 bits per heavy atom. The molecule has 0 radical (unpaired) electrons. The Hall–Kier alpha value is -2.41. The maximum absolute atomic E-state index is 12.8. The number of ether oxygens (including phenoxy) is 3. The van der Waals surface area contributed by atoms with Crippen molar-refractivity contribution in [2.24, 2.45) is 0 Å². The third-order valence-corrected chi connectivity index (χ3v) is 6.70. The molecule has 1 aromatic heterocycles. The van der Waals surface area contributed by atoms with Gasteiger partial charge in [-0.15, -0.1) is 11.3 Å². The first-order valence-electron chi connectivity index (χ1n) is 9.12. The van der Waals surface area contributed by atoms with Crippen molar-refractivity contribution in [3.8, 4) is 11.5 Å². The number of carbonyl (C=O) groups excluding carboxylic acids is 3. The van der Waals surface area contributed by atoms with Gasteiger partial charge in [0, 0.05) is 0 Å². The number of esters is 1. The summed E-state index contributed by atoms with van der Waals surface area (Å²) in [6.45, 7) is 1.69. The molecule has 1 aromatic carbocycles. The number of nitrogens with zero attached hydrogens (tertiary/aromatic N) is 1. The predicted molar refractivity (Wildman–Crippen MR) is 130 cm³/mol. The van der Waals surface area contributed by atoms with E-state index in [2.05, 4.69) is 21.4 Å². The largest absolute Gasteiger partial charge is 0.493 e. The molecule has 1 aliphatic heterocycles. The molecule has 1 fully saturated rings. The number of methoxy groups -OCH3 is 1. The van der Waals surface area contributed by atoms with Crippen molar-refractivity contribution in [3.05, 3.63) is 49.5 Å². The highest BCUT2D eigenvalue weighted by molar-refractivity contribution is 9.10. The van der Waals surface area contributed by atoms with Crippen LogP contribution < -0.4 is 14.9 Å². The van der Waals surface area contributed by atoms with Crippen LogP contribution >= 0.6 is 51.2 Å². The standard InChI is InChI=1S/C20H17BrN2O6S3/c1-3-28-16(24)10-29-17-12(21)7-11(8-13(17)27-2)9-15-19(26)23(20(30)32-15)22-18(25)14-5-4-6-31-14/h4-9H,3,10H2,1-2H3,(H,22,25)/b15-9-. The van der Waals surface area contributed by atoms with Crippen LogP contribution in [0.3, 0.4) is 0 Å². The second kappa shape index (κ2) is 10.9. The summed E-state index contributed by atoms with van der Waals surface area (Å²) in [4.78, 5) is 37.4. The Balaban J connectivity index is 1.78. The average molecular weight is 557 g/mol. The van der Waals surface area contributed by atoms with Crippen LogP contribution in [-0.2, 0) is 14.3 Å². The number of hydrazine groups is 1. The zero-order chi connectivity index (χ0) is 23.3. The topological polar surface area (TPSA) is 94.2 Å². The Morgan fingerprint density at radius 1 is 1.34 bits per heavy atom. The molecular formula is C20H17BrN2O6S3. The van der Waals surface area contributed by atoms with Gasteiger partial charge in [-0.3, -0.25) is 15.0 Å². The lowest BCUT2D eigenvalue weighted by Gasteiger charge is -2.15. The molecule has 0 spiro atoms. The van der Waals surface area contributed by atoms with Gasteiger partial charge < -0.3 is 14.2 Å². The lowest BCUT2D eigenvalue weighted by Crippen LogP contribution is -2.44. The number of amides is 2. The number of thiocarbonyl (C=S) groups is 1. The molecule has 0 atom stereocenters. The third kappa shape index (κ3) is 5.68. The summed E-state index contributed by atoms with van der Waals surface area (Å²) >= 11 is 11.0. The van der Waals surface area contributed by atoms with Gasteiger partial charge in [0.1, 0.15) is 0 Å². The molecule has 2 aromatic rings. The molecule has 1 aliphatic rings. The number of thioether (sulfide) groups is 1. The van der Waals surface area contributed by atoms with E-state index < -0.39 is 17.8 Å². The van der Waals surface area contributed by atoms with Gasteiger partial charge >= 0.3 is 5.97 Å². The third-order valence-electron chi connectivity index (χ3n) is 3.94. The van der Waals surface area contributed by atoms with Gasteiger partial charge in [-0.25, -0.2) is 4.79 Å². The molecule has 1 saturated heterocycles. The van der Waals surface area contributed by atoms with E-state index in [9.17, 15) is 14.4 Å². The summed E-state index contributed by atoms with van der Waals surface area (Å²) in [6.07, 6.45) is 1.62. The first-order valence-corrected chi connectivity index (χ1v) is 12.0. The molecule has 1 N–H and O–H groups in total. The van der Waals surface area contributed by atoms with E-state index in [1.54, 1.807) is 42.6 Å². The summed E-state index contributed by atoms with van der Waals surface area (Å²) in [6, 6.07) is 6.76. The van der Waals surface area contributed by atoms with Gasteiger partial charge in [-0.05, 0) is 70.3 Å². The quantitative estimate of drug-likeness (QED) is 0.296. The Morgan fingerprint density at radius 2 is 2.12 bits per heavy atom. The van der Waals surface area contributed by atoms with E-state index in [0.29, 0.717) is 31.3 Å². The molecular weight excluding hydrogens is 540 g/mol. The molecule has 3 rings (SSSR count). The van der Waals surface area contributed by atoms with E-state index in [4.69, 9.17) is 26.4 Å². The monoisotopic (exact) mass is 556 g/mol. The van der Waals surface area contributed by atoms with Crippen LogP contribution in [0.2, 0.25) is 0 Å². The molecule has 12 heteroatoms. The summed E-state index contributed by atoms with van der Waals surface area (Å²) in [5, 5.41) is 2.82. The number of hydrogen-bond acceptors (Lipinski definition) is 9. The zero-order valence-electron chi connectivity index (χ0n) is 16.9. The first-order chi connectivity index (χ1) is 15.3. The molecule has 168 valence electrons. The minimum Gasteiger partial charge on any atom is -0.493 e. The molecule has 32 heavy (non-hydrogen) atoms. The number of carbonyl (C=O) groups is 3. The van der Waals surface area contributed by atoms with Crippen molar-refractivity contribution >= 4 is 79.4 Å². The SMILES string of the molecule is CCOC(=O)COc1c(Br)cc(/C=C2\SC(=S)N(NC(=O)c3cccs3)C2=O)cc1OC. The maximum atomic E-state index is 12.8. The van der Waals surface area contributed by atoms with Crippen LogP contribution in [0.4, 0.5) is 0 Å². The van der Waals surface area contributed by atoms with E-state index in [1.165, 1.54) is 18.4 Å². The van der Waals surface area contributed by atoms with Crippen LogP contribution in [-0.4, -0.2) is 47.4 Å². The number of nitrogens with one attached hydrogen (secondary N) is 1. The molecule has 0 aliphatic carbocycles. The van der Waals surface area contributed by atoms with Crippen LogP contribution in [0.25, 0.3) is 6.08 Å². The Kier molecular flexibility index (Phi) is 8.29. The van der Waals surface area contributed by atoms with Crippen molar-refractivity contribution in [1.29, 1.82) is 0 Å². The number of hydrogen-bond donors (Lipinski definition) is 1. The summed E-state index contributed by atoms with van der Waals surface area (Å²) < 4.78 is 16.5. The fourth-order valence-electron chi connectivity index (χ4n) is 2.58. The van der Waals surface area contributed by atoms with Crippen molar-refractivity contribution in [3.63, 3.8) is 0 Å². The molecule has 2 amide bonds. The summed E-state index contributed by atoms with van der Waals surface area (Å²) in [5.41, 5.74) is 3.16. The average Bonchev–Trinajstić information content (AvgIpc) is 3.38. The van der Waals surface area contributed by atoms with Crippen molar-refractivity contribution < 1.29 is 28.6 Å². The van der Waals surface area contributed by atoms with E-state index >= 15 is 0 Å². The minimum absolute atomic E-state index is 0.214. The molecule has 8 nitrogen and oxygen atoms in total. The lowest BCUT2D eigenvalue weighted by atomic mass is 10.2. The number of benzene rings is 1. The van der Waals surface area contributed by atoms with E-state index in [-0.39, 0.29) is 17.5 Å². The molecule has 0 unspecified atom stereocenters. The van der Waals surface area contributed by atoms with Gasteiger partial charge in [-0.2, -0.15) is 5.01 Å². The van der Waals surface area contributed by atoms with Gasteiger partial charge in [0.05, 0.1) is 28.0 Å². The van der Waals surface area contributed by atoms with E-state index in [1.807, 2.05) is 0 Å². The van der Waals surface area contributed by atoms with Crippen LogP contribution in [0.5, 0.6) is 11.5 Å². The van der Waals surface area contributed by atoms with Gasteiger partial charge in [0.2, 0.25) is 0 Å². The van der Waals surface area contributed by atoms with Crippen molar-refractivity contribution in [1.82, 2.24) is 10.4 Å². The molecule has 2 heterocycles. The second-order valence-electron chi connectivity index (χ2n) is 6.06. The molecule has 0 bridgehead atoms. The zero-order valence-corrected chi connectivity index (χ0v) is 20.9. The van der Waals surface area contributed by atoms with Gasteiger partial charge in [0.25, 0.3) is 11.8 Å². The number of rotatable bonds is 8. The van der Waals surface area contributed by atoms with Crippen LogP contribution in [0.1, 0.15) is 22.2 Å². The van der Waals surface area contributed by atoms with Gasteiger partial charge in [-0.1, -0.05) is 17.8 Å². The van der Waals surface area contributed by atoms with Crippen LogP contribution in [0, 0.1) is 0 Å². The van der Waals surface area contributed by atoms with Crippen molar-refractivity contribution in [2.45, 2.75) is 6.92 Å². The maximum Gasteiger partial charge on any atom is 0.344 e. The van der Waals surface area contributed by atoms with Crippen LogP contribution in [0.15, 0.2) is 39.0 Å².